The van der Waals surface area contributed by atoms with E-state index in [1.807, 2.05) is 6.07 Å². The molecule has 1 aromatic carbocycles. The molecule has 0 aliphatic rings. The van der Waals surface area contributed by atoms with Crippen molar-refractivity contribution in [1.29, 1.82) is 5.26 Å². The van der Waals surface area contributed by atoms with Crippen molar-refractivity contribution in [2.45, 2.75) is 19.4 Å². The molecule has 0 spiro atoms. The van der Waals surface area contributed by atoms with E-state index in [2.05, 4.69) is 5.32 Å². The Hall–Kier alpha value is -2.13. The molecule has 7 heteroatoms. The number of nitrogens with one attached hydrogen (secondary N) is 1. The van der Waals surface area contributed by atoms with Gasteiger partial charge in [0.05, 0.1) is 23.0 Å². The second-order valence-electron chi connectivity index (χ2n) is 3.63. The molecule has 94 valence electrons. The Kier molecular flexibility index (Phi) is 4.63. The van der Waals surface area contributed by atoms with E-state index in [1.54, 1.807) is 6.92 Å². The van der Waals surface area contributed by atoms with E-state index in [0.717, 1.165) is 0 Å². The van der Waals surface area contributed by atoms with E-state index in [9.17, 15) is 14.9 Å². The summed E-state index contributed by atoms with van der Waals surface area (Å²) in [4.78, 5) is 21.8. The van der Waals surface area contributed by atoms with Gasteiger partial charge in [-0.3, -0.25) is 14.9 Å². The summed E-state index contributed by atoms with van der Waals surface area (Å²) in [5, 5.41) is 21.5. The van der Waals surface area contributed by atoms with Gasteiger partial charge < -0.3 is 5.32 Å². The van der Waals surface area contributed by atoms with Crippen LogP contribution in [0.4, 0.5) is 5.69 Å². The third-order valence-electron chi connectivity index (χ3n) is 2.19. The Labute approximate surface area is 108 Å². The summed E-state index contributed by atoms with van der Waals surface area (Å²) in [6.45, 7) is 1.66. The number of hydrogen-bond donors (Lipinski definition) is 1. The Bertz CT molecular complexity index is 525. The maximum absolute atomic E-state index is 11.8. The number of hydrogen-bond acceptors (Lipinski definition) is 4. The zero-order valence-electron chi connectivity index (χ0n) is 9.51. The number of nitro benzene ring substituents is 1. The fraction of sp³-hybridized carbons (Fsp3) is 0.273. The molecule has 6 nitrogen and oxygen atoms in total. The van der Waals surface area contributed by atoms with Gasteiger partial charge in [-0.25, -0.2) is 0 Å². The second-order valence-corrected chi connectivity index (χ2v) is 4.01. The maximum Gasteiger partial charge on any atom is 0.288 e. The smallest absolute Gasteiger partial charge is 0.288 e. The number of amides is 1. The first-order valence-electron chi connectivity index (χ1n) is 5.08. The normalized spacial score (nSPS) is 11.4. The van der Waals surface area contributed by atoms with E-state index in [1.165, 1.54) is 18.2 Å². The molecule has 1 rings (SSSR count). The minimum atomic E-state index is -0.655. The van der Waals surface area contributed by atoms with Gasteiger partial charge in [-0.05, 0) is 13.0 Å². The molecule has 0 saturated heterocycles. The lowest BCUT2D eigenvalue weighted by Gasteiger charge is -2.11. The van der Waals surface area contributed by atoms with E-state index < -0.39 is 10.8 Å². The molecule has 0 aliphatic carbocycles. The van der Waals surface area contributed by atoms with Crippen molar-refractivity contribution in [3.05, 3.63) is 38.9 Å². The van der Waals surface area contributed by atoms with Crippen LogP contribution in [0.3, 0.4) is 0 Å². The van der Waals surface area contributed by atoms with Crippen LogP contribution < -0.4 is 5.32 Å². The summed E-state index contributed by atoms with van der Waals surface area (Å²) < 4.78 is 0. The number of carbonyl (C=O) groups is 1. The molecule has 0 saturated carbocycles. The maximum atomic E-state index is 11.8. The number of nitriles is 1. The predicted molar refractivity (Wildman–Crippen MR) is 65.3 cm³/mol. The van der Waals surface area contributed by atoms with Crippen LogP contribution in [0.25, 0.3) is 0 Å². The fourth-order valence-electron chi connectivity index (χ4n) is 1.33. The molecule has 0 aliphatic heterocycles. The van der Waals surface area contributed by atoms with E-state index in [4.69, 9.17) is 16.9 Å². The zero-order valence-corrected chi connectivity index (χ0v) is 10.3. The summed E-state index contributed by atoms with van der Waals surface area (Å²) in [7, 11) is 0. The topological polar surface area (TPSA) is 96.0 Å². The lowest BCUT2D eigenvalue weighted by molar-refractivity contribution is -0.384. The quantitative estimate of drug-likeness (QED) is 0.668. The molecular weight excluding hydrogens is 258 g/mol. The molecule has 1 amide bonds. The molecule has 1 aromatic rings. The molecule has 0 heterocycles. The Balaban J connectivity index is 2.97. The van der Waals surface area contributed by atoms with Crippen LogP contribution >= 0.6 is 11.6 Å². The van der Waals surface area contributed by atoms with Crippen molar-refractivity contribution < 1.29 is 9.72 Å². The van der Waals surface area contributed by atoms with E-state index >= 15 is 0 Å². The fourth-order valence-corrected chi connectivity index (χ4v) is 1.61. The molecule has 18 heavy (non-hydrogen) atoms. The predicted octanol–water partition coefficient (Wildman–Crippen LogP) is 2.28. The average molecular weight is 268 g/mol. The highest BCUT2D eigenvalue weighted by atomic mass is 35.5. The van der Waals surface area contributed by atoms with Crippen molar-refractivity contribution in [3.63, 3.8) is 0 Å². The largest absolute Gasteiger partial charge is 0.349 e. The molecule has 1 unspecified atom stereocenters. The summed E-state index contributed by atoms with van der Waals surface area (Å²) in [5.74, 6) is -0.536. The molecule has 0 fully saturated rings. The summed E-state index contributed by atoms with van der Waals surface area (Å²) in [5.41, 5.74) is -0.298. The minimum absolute atomic E-state index is 0.0238. The first-order valence-corrected chi connectivity index (χ1v) is 5.46. The number of halogens is 1. The third-order valence-corrected chi connectivity index (χ3v) is 2.59. The van der Waals surface area contributed by atoms with Gasteiger partial charge >= 0.3 is 0 Å². The van der Waals surface area contributed by atoms with E-state index in [-0.39, 0.29) is 28.7 Å². The van der Waals surface area contributed by atoms with Crippen molar-refractivity contribution in [2.75, 3.05) is 0 Å². The third kappa shape index (κ3) is 3.18. The first kappa shape index (κ1) is 13.9. The van der Waals surface area contributed by atoms with Gasteiger partial charge in [0.2, 0.25) is 0 Å². The number of nitrogens with zero attached hydrogens (tertiary/aromatic N) is 2. The van der Waals surface area contributed by atoms with Crippen LogP contribution in [0.1, 0.15) is 23.7 Å². The van der Waals surface area contributed by atoms with Gasteiger partial charge in [0, 0.05) is 12.1 Å². The second kappa shape index (κ2) is 5.98. The van der Waals surface area contributed by atoms with Crippen LogP contribution in [-0.2, 0) is 0 Å². The standard InChI is InChI=1S/C11H10ClN3O3/c1-7(5-6-13)14-11(16)8-3-2-4-9(10(8)12)15(17)18/h2-4,7H,5H2,1H3,(H,14,16). The van der Waals surface area contributed by atoms with Gasteiger partial charge in [-0.2, -0.15) is 5.26 Å². The molecule has 0 bridgehead atoms. The highest BCUT2D eigenvalue weighted by Gasteiger charge is 2.20. The van der Waals surface area contributed by atoms with Gasteiger partial charge in [0.1, 0.15) is 5.02 Å². The highest BCUT2D eigenvalue weighted by molar-refractivity contribution is 6.35. The SMILES string of the molecule is CC(CC#N)NC(=O)c1cccc([N+](=O)[O-])c1Cl. The number of rotatable bonds is 4. The van der Waals surface area contributed by atoms with Crippen molar-refractivity contribution in [2.24, 2.45) is 0 Å². The van der Waals surface area contributed by atoms with Gasteiger partial charge in [0.25, 0.3) is 11.6 Å². The lowest BCUT2D eigenvalue weighted by Crippen LogP contribution is -2.32. The first-order chi connectivity index (χ1) is 8.47. The van der Waals surface area contributed by atoms with Crippen LogP contribution in [0, 0.1) is 21.4 Å². The molecule has 0 radical (unpaired) electrons. The molecule has 0 aromatic heterocycles. The van der Waals surface area contributed by atoms with Gasteiger partial charge in [-0.15, -0.1) is 0 Å². The van der Waals surface area contributed by atoms with Crippen LogP contribution in [-0.4, -0.2) is 16.9 Å². The van der Waals surface area contributed by atoms with Gasteiger partial charge in [-0.1, -0.05) is 17.7 Å². The van der Waals surface area contributed by atoms with Gasteiger partial charge in [0.15, 0.2) is 0 Å². The zero-order chi connectivity index (χ0) is 13.7. The van der Waals surface area contributed by atoms with Crippen molar-refractivity contribution in [3.8, 4) is 6.07 Å². The number of benzene rings is 1. The number of carbonyl (C=O) groups excluding carboxylic acids is 1. The summed E-state index contributed by atoms with van der Waals surface area (Å²) >= 11 is 5.79. The van der Waals surface area contributed by atoms with Crippen molar-refractivity contribution >= 4 is 23.2 Å². The number of nitro groups is 1. The van der Waals surface area contributed by atoms with Crippen LogP contribution in [0.5, 0.6) is 0 Å². The van der Waals surface area contributed by atoms with Crippen LogP contribution in [0.2, 0.25) is 5.02 Å². The minimum Gasteiger partial charge on any atom is -0.349 e. The lowest BCUT2D eigenvalue weighted by atomic mass is 10.1. The van der Waals surface area contributed by atoms with Crippen LogP contribution in [0.15, 0.2) is 18.2 Å². The monoisotopic (exact) mass is 267 g/mol. The Morgan fingerprint density at radius 2 is 2.33 bits per heavy atom. The Morgan fingerprint density at radius 1 is 1.67 bits per heavy atom. The molecule has 1 N–H and O–H groups in total. The Morgan fingerprint density at radius 3 is 2.89 bits per heavy atom. The molecule has 1 atom stereocenters. The summed E-state index contributed by atoms with van der Waals surface area (Å²) in [6, 6.07) is 5.56. The summed E-state index contributed by atoms with van der Waals surface area (Å²) in [6.07, 6.45) is 0.151. The highest BCUT2D eigenvalue weighted by Crippen LogP contribution is 2.27. The van der Waals surface area contributed by atoms with E-state index in [0.29, 0.717) is 0 Å². The van der Waals surface area contributed by atoms with Crippen molar-refractivity contribution in [1.82, 2.24) is 5.32 Å². The molecular formula is C11H10ClN3O3. The average Bonchev–Trinajstić information content (AvgIpc) is 2.28.